The van der Waals surface area contributed by atoms with Crippen molar-refractivity contribution in [2.75, 3.05) is 31.2 Å². The lowest BCUT2D eigenvalue weighted by atomic mass is 10.2. The van der Waals surface area contributed by atoms with Crippen LogP contribution in [-0.2, 0) is 9.53 Å². The summed E-state index contributed by atoms with van der Waals surface area (Å²) in [7, 11) is 0. The second-order valence-electron chi connectivity index (χ2n) is 3.52. The van der Waals surface area contributed by atoms with Crippen LogP contribution in [0.3, 0.4) is 0 Å². The Labute approximate surface area is 93.3 Å². The Hall–Kier alpha value is -0.750. The van der Waals surface area contributed by atoms with E-state index in [0.717, 1.165) is 10.7 Å². The highest BCUT2D eigenvalue weighted by atomic mass is 32.2. The fourth-order valence-electron chi connectivity index (χ4n) is 1.11. The molecule has 1 aliphatic rings. The molecule has 6 heteroatoms. The van der Waals surface area contributed by atoms with E-state index in [9.17, 15) is 9.59 Å². The van der Waals surface area contributed by atoms with Gasteiger partial charge in [-0.1, -0.05) is 6.92 Å². The van der Waals surface area contributed by atoms with Crippen LogP contribution in [-0.4, -0.2) is 48.1 Å². The highest BCUT2D eigenvalue weighted by Gasteiger charge is 2.27. The van der Waals surface area contributed by atoms with Gasteiger partial charge in [0.15, 0.2) is 0 Å². The van der Waals surface area contributed by atoms with Gasteiger partial charge in [-0.25, -0.2) is 9.69 Å². The minimum absolute atomic E-state index is 0.174. The van der Waals surface area contributed by atoms with Gasteiger partial charge in [0.25, 0.3) is 0 Å². The maximum absolute atomic E-state index is 11.5. The SMILES string of the molecule is CC(CN)CSCC(=O)N1CCOC1=O. The fraction of sp³-hybridized carbons (Fsp3) is 0.778. The van der Waals surface area contributed by atoms with E-state index in [1.54, 1.807) is 0 Å². The lowest BCUT2D eigenvalue weighted by Gasteiger charge is -2.11. The number of hydrogen-bond acceptors (Lipinski definition) is 5. The molecule has 1 heterocycles. The summed E-state index contributed by atoms with van der Waals surface area (Å²) in [4.78, 5) is 23.7. The summed E-state index contributed by atoms with van der Waals surface area (Å²) < 4.78 is 4.67. The number of rotatable bonds is 5. The number of thioether (sulfide) groups is 1. The number of ether oxygens (including phenoxy) is 1. The monoisotopic (exact) mass is 232 g/mol. The largest absolute Gasteiger partial charge is 0.447 e. The molecule has 0 aliphatic carbocycles. The second kappa shape index (κ2) is 5.97. The van der Waals surface area contributed by atoms with Crippen LogP contribution in [0.4, 0.5) is 4.79 Å². The van der Waals surface area contributed by atoms with Crippen molar-refractivity contribution in [2.24, 2.45) is 11.7 Å². The van der Waals surface area contributed by atoms with Crippen molar-refractivity contribution >= 4 is 23.8 Å². The van der Waals surface area contributed by atoms with Crippen molar-refractivity contribution in [2.45, 2.75) is 6.92 Å². The summed E-state index contributed by atoms with van der Waals surface area (Å²) in [5.74, 6) is 1.38. The molecular formula is C9H16N2O3S. The van der Waals surface area contributed by atoms with E-state index in [0.29, 0.717) is 31.4 Å². The Morgan fingerprint density at radius 1 is 1.73 bits per heavy atom. The van der Waals surface area contributed by atoms with E-state index in [1.165, 1.54) is 11.8 Å². The van der Waals surface area contributed by atoms with Gasteiger partial charge >= 0.3 is 6.09 Å². The van der Waals surface area contributed by atoms with E-state index >= 15 is 0 Å². The molecule has 0 aromatic rings. The van der Waals surface area contributed by atoms with Gasteiger partial charge < -0.3 is 10.5 Å². The van der Waals surface area contributed by atoms with Crippen LogP contribution in [0.5, 0.6) is 0 Å². The summed E-state index contributed by atoms with van der Waals surface area (Å²) >= 11 is 1.50. The Balaban J connectivity index is 2.21. The normalized spacial score (nSPS) is 17.7. The summed E-state index contributed by atoms with van der Waals surface area (Å²) in [6.07, 6.45) is -0.521. The van der Waals surface area contributed by atoms with Gasteiger partial charge in [0.2, 0.25) is 5.91 Å². The van der Waals surface area contributed by atoms with Crippen molar-refractivity contribution in [3.8, 4) is 0 Å². The van der Waals surface area contributed by atoms with Crippen LogP contribution in [0.25, 0.3) is 0 Å². The van der Waals surface area contributed by atoms with Crippen LogP contribution < -0.4 is 5.73 Å². The maximum atomic E-state index is 11.5. The number of nitrogens with two attached hydrogens (primary N) is 1. The molecule has 1 unspecified atom stereocenters. The molecule has 0 bridgehead atoms. The van der Waals surface area contributed by atoms with E-state index < -0.39 is 6.09 Å². The number of imide groups is 1. The zero-order valence-corrected chi connectivity index (χ0v) is 9.59. The molecule has 0 saturated carbocycles. The first-order chi connectivity index (χ1) is 7.15. The van der Waals surface area contributed by atoms with E-state index in [4.69, 9.17) is 5.73 Å². The molecule has 1 rings (SSSR count). The lowest BCUT2D eigenvalue weighted by Crippen LogP contribution is -2.33. The van der Waals surface area contributed by atoms with Gasteiger partial charge in [-0.3, -0.25) is 4.79 Å². The first kappa shape index (κ1) is 12.3. The highest BCUT2D eigenvalue weighted by molar-refractivity contribution is 7.99. The van der Waals surface area contributed by atoms with Crippen LogP contribution in [0.15, 0.2) is 0 Å². The number of amides is 2. The van der Waals surface area contributed by atoms with Crippen molar-refractivity contribution in [3.05, 3.63) is 0 Å². The number of nitrogens with zero attached hydrogens (tertiary/aromatic N) is 1. The van der Waals surface area contributed by atoms with Crippen molar-refractivity contribution in [3.63, 3.8) is 0 Å². The molecule has 1 fully saturated rings. The third kappa shape index (κ3) is 3.71. The average molecular weight is 232 g/mol. The summed E-state index contributed by atoms with van der Waals surface area (Å²) in [6, 6.07) is 0. The maximum Gasteiger partial charge on any atom is 0.416 e. The van der Waals surface area contributed by atoms with Crippen LogP contribution >= 0.6 is 11.8 Å². The molecule has 1 aliphatic heterocycles. The smallest absolute Gasteiger partial charge is 0.416 e. The van der Waals surface area contributed by atoms with Crippen LogP contribution in [0.2, 0.25) is 0 Å². The fourth-order valence-corrected chi connectivity index (χ4v) is 2.10. The van der Waals surface area contributed by atoms with Crippen LogP contribution in [0.1, 0.15) is 6.92 Å². The lowest BCUT2D eigenvalue weighted by molar-refractivity contribution is -0.124. The number of carbonyl (C=O) groups excluding carboxylic acids is 2. The molecule has 86 valence electrons. The third-order valence-electron chi connectivity index (χ3n) is 2.09. The third-order valence-corrected chi connectivity index (χ3v) is 3.35. The molecule has 0 spiro atoms. The highest BCUT2D eigenvalue weighted by Crippen LogP contribution is 2.11. The molecule has 0 radical (unpaired) electrons. The summed E-state index contributed by atoms with van der Waals surface area (Å²) in [6.45, 7) is 3.34. The molecule has 0 aromatic heterocycles. The molecule has 1 atom stereocenters. The Morgan fingerprint density at radius 3 is 3.00 bits per heavy atom. The summed E-state index contributed by atoms with van der Waals surface area (Å²) in [5, 5.41) is 0. The van der Waals surface area contributed by atoms with Crippen molar-refractivity contribution in [1.82, 2.24) is 4.90 Å². The molecule has 15 heavy (non-hydrogen) atoms. The minimum atomic E-state index is -0.521. The van der Waals surface area contributed by atoms with Gasteiger partial charge in [-0.15, -0.1) is 0 Å². The second-order valence-corrected chi connectivity index (χ2v) is 4.55. The first-order valence-electron chi connectivity index (χ1n) is 4.90. The predicted octanol–water partition coefficient (Wildman–Crippen LogP) is 0.293. The number of cyclic esters (lactones) is 1. The molecular weight excluding hydrogens is 216 g/mol. The average Bonchev–Trinajstić information content (AvgIpc) is 2.64. The van der Waals surface area contributed by atoms with Gasteiger partial charge in [-0.05, 0) is 18.2 Å². The standard InChI is InChI=1S/C9H16N2O3S/c1-7(4-10)5-15-6-8(12)11-2-3-14-9(11)13/h7H,2-6,10H2,1H3. The van der Waals surface area contributed by atoms with Gasteiger partial charge in [-0.2, -0.15) is 11.8 Å². The molecule has 2 amide bonds. The van der Waals surface area contributed by atoms with Crippen molar-refractivity contribution < 1.29 is 14.3 Å². The quantitative estimate of drug-likeness (QED) is 0.737. The Kier molecular flexibility index (Phi) is 4.90. The van der Waals surface area contributed by atoms with E-state index in [1.807, 2.05) is 6.92 Å². The Bertz CT molecular complexity index is 248. The Morgan fingerprint density at radius 2 is 2.47 bits per heavy atom. The van der Waals surface area contributed by atoms with Gasteiger partial charge in [0.1, 0.15) is 6.61 Å². The molecule has 2 N–H and O–H groups in total. The molecule has 1 saturated heterocycles. The van der Waals surface area contributed by atoms with Crippen LogP contribution in [0, 0.1) is 5.92 Å². The first-order valence-corrected chi connectivity index (χ1v) is 6.05. The number of hydrogen-bond donors (Lipinski definition) is 1. The zero-order valence-electron chi connectivity index (χ0n) is 8.77. The van der Waals surface area contributed by atoms with E-state index in [2.05, 4.69) is 4.74 Å². The zero-order chi connectivity index (χ0) is 11.3. The predicted molar refractivity (Wildman–Crippen MR) is 58.6 cm³/mol. The van der Waals surface area contributed by atoms with Gasteiger partial charge in [0, 0.05) is 0 Å². The van der Waals surface area contributed by atoms with Gasteiger partial charge in [0.05, 0.1) is 12.3 Å². The minimum Gasteiger partial charge on any atom is -0.447 e. The molecule has 5 nitrogen and oxygen atoms in total. The number of carbonyl (C=O) groups is 2. The van der Waals surface area contributed by atoms with E-state index in [-0.39, 0.29) is 5.91 Å². The summed E-state index contributed by atoms with van der Waals surface area (Å²) in [5.41, 5.74) is 5.45. The van der Waals surface area contributed by atoms with Crippen molar-refractivity contribution in [1.29, 1.82) is 0 Å². The topological polar surface area (TPSA) is 72.6 Å². The molecule has 0 aromatic carbocycles.